The van der Waals surface area contributed by atoms with Crippen LogP contribution in [0, 0.1) is 5.41 Å². The summed E-state index contributed by atoms with van der Waals surface area (Å²) in [5, 5.41) is 9.68. The molecule has 0 bridgehead atoms. The molecule has 1 fully saturated rings. The topological polar surface area (TPSA) is 67.8 Å². The highest BCUT2D eigenvalue weighted by molar-refractivity contribution is 5.90. The Morgan fingerprint density at radius 2 is 1.80 bits per heavy atom. The van der Waals surface area contributed by atoms with Gasteiger partial charge in [-0.25, -0.2) is 0 Å². The zero-order valence-electron chi connectivity index (χ0n) is 13.9. The van der Waals surface area contributed by atoms with Crippen LogP contribution >= 0.6 is 0 Å². The van der Waals surface area contributed by atoms with E-state index in [4.69, 9.17) is 9.57 Å². The molecule has 1 unspecified atom stereocenters. The molecule has 0 radical (unpaired) electrons. The average molecular weight is 337 g/mol. The smallest absolute Gasteiger partial charge is 0.314 e. The third-order valence-electron chi connectivity index (χ3n) is 5.22. The molecule has 5 heteroatoms. The Balaban J connectivity index is 1.93. The van der Waals surface area contributed by atoms with Gasteiger partial charge in [0, 0.05) is 5.57 Å². The standard InChI is InChI=1S/C20H19NO4/c1-24-18(23)19(11-12-19)20(15-7-9-16(22)10-8-15)17(13-25-21-20)14-5-3-2-4-6-14/h2-10,13,21-22H,11-12H2,1H3. The monoisotopic (exact) mass is 337 g/mol. The van der Waals surface area contributed by atoms with Gasteiger partial charge in [-0.05, 0) is 36.1 Å². The lowest BCUT2D eigenvalue weighted by molar-refractivity contribution is -0.151. The van der Waals surface area contributed by atoms with Crippen molar-refractivity contribution < 1.29 is 19.5 Å². The van der Waals surface area contributed by atoms with Crippen LogP contribution < -0.4 is 5.48 Å². The van der Waals surface area contributed by atoms with Crippen molar-refractivity contribution >= 4 is 11.5 Å². The number of phenols is 1. The maximum atomic E-state index is 12.7. The predicted molar refractivity (Wildman–Crippen MR) is 92.1 cm³/mol. The van der Waals surface area contributed by atoms with E-state index in [1.54, 1.807) is 18.4 Å². The quantitative estimate of drug-likeness (QED) is 0.839. The number of aromatic hydroxyl groups is 1. The van der Waals surface area contributed by atoms with E-state index in [9.17, 15) is 9.90 Å². The molecule has 1 aliphatic carbocycles. The molecule has 1 aliphatic heterocycles. The van der Waals surface area contributed by atoms with Crippen LogP contribution in [-0.4, -0.2) is 18.2 Å². The molecular weight excluding hydrogens is 318 g/mol. The molecule has 128 valence electrons. The summed E-state index contributed by atoms with van der Waals surface area (Å²) in [6.07, 6.45) is 3.05. The molecule has 2 aliphatic rings. The Labute approximate surface area is 145 Å². The third-order valence-corrected chi connectivity index (χ3v) is 5.22. The van der Waals surface area contributed by atoms with Gasteiger partial charge in [-0.1, -0.05) is 42.5 Å². The van der Waals surface area contributed by atoms with Crippen molar-refractivity contribution in [3.8, 4) is 5.75 Å². The number of rotatable bonds is 4. The zero-order chi connectivity index (χ0) is 17.5. The number of methoxy groups -OCH3 is 1. The summed E-state index contributed by atoms with van der Waals surface area (Å²) in [5.41, 5.74) is 4.19. The lowest BCUT2D eigenvalue weighted by Gasteiger charge is -2.37. The highest BCUT2D eigenvalue weighted by Gasteiger charge is 2.69. The van der Waals surface area contributed by atoms with E-state index in [1.807, 2.05) is 42.5 Å². The van der Waals surface area contributed by atoms with E-state index in [1.165, 1.54) is 7.11 Å². The van der Waals surface area contributed by atoms with Gasteiger partial charge in [-0.15, -0.1) is 5.48 Å². The minimum atomic E-state index is -0.866. The summed E-state index contributed by atoms with van der Waals surface area (Å²) in [5.74, 6) is -0.0913. The van der Waals surface area contributed by atoms with Gasteiger partial charge in [-0.2, -0.15) is 0 Å². The second-order valence-electron chi connectivity index (χ2n) is 6.49. The molecule has 0 spiro atoms. The molecule has 2 N–H and O–H groups in total. The number of carbonyl (C=O) groups excluding carboxylic acids is 1. The van der Waals surface area contributed by atoms with Gasteiger partial charge < -0.3 is 14.7 Å². The van der Waals surface area contributed by atoms with Gasteiger partial charge in [-0.3, -0.25) is 4.79 Å². The molecule has 25 heavy (non-hydrogen) atoms. The minimum absolute atomic E-state index is 0.172. The third kappa shape index (κ3) is 2.16. The first-order valence-corrected chi connectivity index (χ1v) is 8.21. The van der Waals surface area contributed by atoms with Crippen molar-refractivity contribution in [1.82, 2.24) is 5.48 Å². The number of hydroxylamine groups is 1. The number of phenolic OH excluding ortho intramolecular Hbond substituents is 1. The number of hydrogen-bond acceptors (Lipinski definition) is 5. The fourth-order valence-electron chi connectivity index (χ4n) is 3.83. The summed E-state index contributed by atoms with van der Waals surface area (Å²) in [4.78, 5) is 18.3. The fraction of sp³-hybridized carbons (Fsp3) is 0.250. The Bertz CT molecular complexity index is 825. The predicted octanol–water partition coefficient (Wildman–Crippen LogP) is 3.12. The van der Waals surface area contributed by atoms with E-state index in [0.29, 0.717) is 12.8 Å². The van der Waals surface area contributed by atoms with Crippen LogP contribution in [0.3, 0.4) is 0 Å². The summed E-state index contributed by atoms with van der Waals surface area (Å²) in [7, 11) is 1.41. The van der Waals surface area contributed by atoms with Gasteiger partial charge in [0.05, 0.1) is 12.5 Å². The maximum absolute atomic E-state index is 12.7. The molecule has 5 nitrogen and oxygen atoms in total. The van der Waals surface area contributed by atoms with Crippen LogP contribution in [0.4, 0.5) is 0 Å². The summed E-state index contributed by atoms with van der Waals surface area (Å²) < 4.78 is 5.13. The SMILES string of the molecule is COC(=O)C1(C2(c3ccc(O)cc3)NOC=C2c2ccccc2)CC1. The normalized spacial score (nSPS) is 23.5. The average Bonchev–Trinajstić information content (AvgIpc) is 3.35. The number of ether oxygens (including phenoxy) is 1. The lowest BCUT2D eigenvalue weighted by atomic mass is 9.69. The maximum Gasteiger partial charge on any atom is 0.314 e. The van der Waals surface area contributed by atoms with Crippen LogP contribution in [-0.2, 0) is 19.9 Å². The lowest BCUT2D eigenvalue weighted by Crippen LogP contribution is -2.50. The van der Waals surface area contributed by atoms with E-state index >= 15 is 0 Å². The van der Waals surface area contributed by atoms with Crippen LogP contribution in [0.5, 0.6) is 5.75 Å². The first-order valence-electron chi connectivity index (χ1n) is 8.21. The van der Waals surface area contributed by atoms with E-state index < -0.39 is 11.0 Å². The number of nitrogens with one attached hydrogen (secondary N) is 1. The molecule has 0 saturated heterocycles. The van der Waals surface area contributed by atoms with Gasteiger partial charge >= 0.3 is 5.97 Å². The Kier molecular flexibility index (Phi) is 3.54. The number of carbonyl (C=O) groups is 1. The molecule has 1 heterocycles. The van der Waals surface area contributed by atoms with Crippen molar-refractivity contribution in [3.05, 3.63) is 72.0 Å². The molecule has 1 atom stereocenters. The Morgan fingerprint density at radius 1 is 1.12 bits per heavy atom. The molecule has 0 aromatic heterocycles. The molecule has 1 saturated carbocycles. The number of esters is 1. The number of hydrogen-bond donors (Lipinski definition) is 2. The molecular formula is C20H19NO4. The highest BCUT2D eigenvalue weighted by Crippen LogP contribution is 2.64. The minimum Gasteiger partial charge on any atom is -0.508 e. The first kappa shape index (κ1) is 15.7. The zero-order valence-corrected chi connectivity index (χ0v) is 13.9. The van der Waals surface area contributed by atoms with E-state index in [2.05, 4.69) is 5.48 Å². The molecule has 4 rings (SSSR count). The first-order chi connectivity index (χ1) is 12.1. The van der Waals surface area contributed by atoms with Crippen molar-refractivity contribution in [2.24, 2.45) is 5.41 Å². The van der Waals surface area contributed by atoms with Crippen molar-refractivity contribution in [1.29, 1.82) is 0 Å². The molecule has 2 aromatic carbocycles. The largest absolute Gasteiger partial charge is 0.508 e. The summed E-state index contributed by atoms with van der Waals surface area (Å²) in [6.45, 7) is 0. The summed E-state index contributed by atoms with van der Waals surface area (Å²) >= 11 is 0. The van der Waals surface area contributed by atoms with Crippen LogP contribution in [0.1, 0.15) is 24.0 Å². The second-order valence-corrected chi connectivity index (χ2v) is 6.49. The highest BCUT2D eigenvalue weighted by atomic mass is 16.6. The second kappa shape index (κ2) is 5.63. The number of benzene rings is 2. The van der Waals surface area contributed by atoms with E-state index in [0.717, 1.165) is 16.7 Å². The van der Waals surface area contributed by atoms with Crippen molar-refractivity contribution in [3.63, 3.8) is 0 Å². The Hall–Kier alpha value is -2.79. The van der Waals surface area contributed by atoms with Gasteiger partial charge in [0.2, 0.25) is 0 Å². The van der Waals surface area contributed by atoms with Crippen LogP contribution in [0.2, 0.25) is 0 Å². The van der Waals surface area contributed by atoms with E-state index in [-0.39, 0.29) is 11.7 Å². The van der Waals surface area contributed by atoms with Gasteiger partial charge in [0.1, 0.15) is 17.6 Å². The molecule has 2 aromatic rings. The van der Waals surface area contributed by atoms with Gasteiger partial charge in [0.15, 0.2) is 0 Å². The summed E-state index contributed by atoms with van der Waals surface area (Å²) in [6, 6.07) is 16.7. The van der Waals surface area contributed by atoms with Crippen molar-refractivity contribution in [2.45, 2.75) is 18.4 Å². The van der Waals surface area contributed by atoms with Gasteiger partial charge in [0.25, 0.3) is 0 Å². The van der Waals surface area contributed by atoms with Crippen LogP contribution in [0.15, 0.2) is 60.9 Å². The fourth-order valence-corrected chi connectivity index (χ4v) is 3.83. The van der Waals surface area contributed by atoms with Crippen LogP contribution in [0.25, 0.3) is 5.57 Å². The molecule has 0 amide bonds. The van der Waals surface area contributed by atoms with Crippen molar-refractivity contribution in [2.75, 3.05) is 7.11 Å². The Morgan fingerprint density at radius 3 is 2.40 bits per heavy atom.